The third-order valence-electron chi connectivity index (χ3n) is 9.76. The molecule has 8 nitrogen and oxygen atoms in total. The van der Waals surface area contributed by atoms with Crippen LogP contribution < -0.4 is 20.7 Å². The largest absolute Gasteiger partial charge is 0.461 e. The summed E-state index contributed by atoms with van der Waals surface area (Å²) in [7, 11) is 0. The molecule has 8 rings (SSSR count). The number of hydrogen-bond acceptors (Lipinski definition) is 9. The number of benzene rings is 2. The van der Waals surface area contributed by atoms with E-state index in [0.29, 0.717) is 29.9 Å². The maximum Gasteiger partial charge on any atom is 0.319 e. The zero-order chi connectivity index (χ0) is 30.3. The van der Waals surface area contributed by atoms with Gasteiger partial charge in [-0.1, -0.05) is 29.8 Å². The fourth-order valence-corrected chi connectivity index (χ4v) is 9.08. The monoisotopic (exact) mass is 633 g/mol. The standard InChI is InChI=1S/C32H30ClF2N7OS/c1-16-10-32(7-2-8-42(32)12-16)15-43-31-39-27-20(30(40-31)41-13-17-3-4-18(14-41)38-17)9-22(33)25(26(27)35)19-5-6-23(34)28-24(19)21(11-36)29(37)44-28/h5-6,9,17-18,38H,1-4,7-8,10,12-15,37H2/t17-,18+,32?. The molecule has 0 amide bonds. The van der Waals surface area contributed by atoms with Gasteiger partial charge in [0, 0.05) is 48.1 Å². The van der Waals surface area contributed by atoms with Gasteiger partial charge in [0.15, 0.2) is 5.82 Å². The van der Waals surface area contributed by atoms with Crippen molar-refractivity contribution in [1.29, 1.82) is 5.26 Å². The third kappa shape index (κ3) is 4.26. The lowest BCUT2D eigenvalue weighted by molar-refractivity contribution is 0.108. The number of anilines is 2. The molecule has 4 aromatic rings. The number of thiophene rings is 1. The molecular formula is C32H30ClF2N7OS. The van der Waals surface area contributed by atoms with Crippen LogP contribution in [0.1, 0.15) is 37.7 Å². The van der Waals surface area contributed by atoms with Crippen LogP contribution in [0.4, 0.5) is 19.6 Å². The molecule has 12 heteroatoms. The van der Waals surface area contributed by atoms with E-state index in [-0.39, 0.29) is 53.9 Å². The van der Waals surface area contributed by atoms with Crippen LogP contribution in [0.5, 0.6) is 6.01 Å². The normalized spacial score (nSPS) is 24.9. The van der Waals surface area contributed by atoms with Gasteiger partial charge in [0.1, 0.15) is 34.8 Å². The summed E-state index contributed by atoms with van der Waals surface area (Å²) in [5, 5.41) is 14.5. The van der Waals surface area contributed by atoms with Crippen LogP contribution in [-0.4, -0.2) is 65.3 Å². The Balaban J connectivity index is 1.29. The molecule has 44 heavy (non-hydrogen) atoms. The van der Waals surface area contributed by atoms with Gasteiger partial charge in [-0.3, -0.25) is 4.90 Å². The van der Waals surface area contributed by atoms with Crippen LogP contribution in [0, 0.1) is 23.0 Å². The topological polar surface area (TPSA) is 103 Å². The number of nitrogen functional groups attached to an aromatic ring is 1. The maximum absolute atomic E-state index is 16.9. The van der Waals surface area contributed by atoms with Crippen molar-refractivity contribution in [2.45, 2.75) is 49.7 Å². The highest BCUT2D eigenvalue weighted by atomic mass is 35.5. The number of ether oxygens (including phenoxy) is 1. The second-order valence-corrected chi connectivity index (χ2v) is 14.0. The van der Waals surface area contributed by atoms with Crippen LogP contribution >= 0.6 is 22.9 Å². The average Bonchev–Trinajstić information content (AvgIpc) is 3.73. The second-order valence-electron chi connectivity index (χ2n) is 12.5. The van der Waals surface area contributed by atoms with Crippen molar-refractivity contribution < 1.29 is 13.5 Å². The number of nitriles is 1. The minimum Gasteiger partial charge on any atom is -0.461 e. The van der Waals surface area contributed by atoms with Crippen LogP contribution in [0.15, 0.2) is 30.4 Å². The van der Waals surface area contributed by atoms with E-state index in [1.807, 2.05) is 0 Å². The van der Waals surface area contributed by atoms with E-state index in [2.05, 4.69) is 32.7 Å². The second kappa shape index (κ2) is 10.2. The molecule has 4 saturated heterocycles. The van der Waals surface area contributed by atoms with E-state index in [1.165, 1.54) is 17.7 Å². The Bertz CT molecular complexity index is 1910. The van der Waals surface area contributed by atoms with Gasteiger partial charge in [-0.25, -0.2) is 8.78 Å². The Kier molecular flexibility index (Phi) is 6.50. The SMILES string of the molecule is C=C1CN2CCCC2(COc2nc(N3C[C@H]4CC[C@@H](C3)N4)c3cc(Cl)c(-c4ccc(F)c5sc(N)c(C#N)c45)c(F)c3n2)C1. The highest BCUT2D eigenvalue weighted by Gasteiger charge is 2.46. The number of nitrogens with zero attached hydrogens (tertiary/aromatic N) is 5. The molecule has 2 aromatic heterocycles. The molecular weight excluding hydrogens is 604 g/mol. The Morgan fingerprint density at radius 2 is 2.05 bits per heavy atom. The first-order chi connectivity index (χ1) is 21.2. The lowest BCUT2D eigenvalue weighted by Gasteiger charge is -2.34. The molecule has 2 aromatic carbocycles. The molecule has 4 fully saturated rings. The highest BCUT2D eigenvalue weighted by Crippen LogP contribution is 2.46. The first-order valence-electron chi connectivity index (χ1n) is 14.9. The lowest BCUT2D eigenvalue weighted by Crippen LogP contribution is -2.51. The van der Waals surface area contributed by atoms with Gasteiger partial charge in [0.05, 0.1) is 20.8 Å². The number of fused-ring (bicyclic) bond motifs is 5. The molecule has 6 heterocycles. The van der Waals surface area contributed by atoms with Crippen LogP contribution in [0.2, 0.25) is 5.02 Å². The van der Waals surface area contributed by atoms with E-state index < -0.39 is 11.6 Å². The van der Waals surface area contributed by atoms with Gasteiger partial charge in [-0.05, 0) is 56.3 Å². The van der Waals surface area contributed by atoms with Gasteiger partial charge in [0.2, 0.25) is 0 Å². The summed E-state index contributed by atoms with van der Waals surface area (Å²) in [4.78, 5) is 14.1. The van der Waals surface area contributed by atoms with Crippen molar-refractivity contribution in [3.05, 3.63) is 52.6 Å². The molecule has 4 aliphatic rings. The Labute approximate surface area is 262 Å². The van der Waals surface area contributed by atoms with E-state index in [1.54, 1.807) is 6.07 Å². The summed E-state index contributed by atoms with van der Waals surface area (Å²) in [6.45, 7) is 7.89. The van der Waals surface area contributed by atoms with Crippen LogP contribution in [0.3, 0.4) is 0 Å². The number of nitrogens with one attached hydrogen (secondary N) is 1. The van der Waals surface area contributed by atoms with Crippen molar-refractivity contribution >= 4 is 54.7 Å². The molecule has 0 spiro atoms. The first kappa shape index (κ1) is 28.0. The molecule has 4 aliphatic heterocycles. The highest BCUT2D eigenvalue weighted by molar-refractivity contribution is 7.23. The number of aromatic nitrogens is 2. The molecule has 1 unspecified atom stereocenters. The summed E-state index contributed by atoms with van der Waals surface area (Å²) in [5.41, 5.74) is 7.57. The minimum atomic E-state index is -0.685. The van der Waals surface area contributed by atoms with E-state index >= 15 is 4.39 Å². The van der Waals surface area contributed by atoms with E-state index in [4.69, 9.17) is 27.1 Å². The number of rotatable bonds is 5. The van der Waals surface area contributed by atoms with Crippen molar-refractivity contribution in [2.75, 3.05) is 43.4 Å². The Hall–Kier alpha value is -3.56. The number of piperazine rings is 1. The van der Waals surface area contributed by atoms with Gasteiger partial charge < -0.3 is 20.7 Å². The third-order valence-corrected chi connectivity index (χ3v) is 11.1. The maximum atomic E-state index is 16.9. The number of nitrogens with two attached hydrogens (primary N) is 1. The van der Waals surface area contributed by atoms with Crippen molar-refractivity contribution in [3.63, 3.8) is 0 Å². The predicted molar refractivity (Wildman–Crippen MR) is 169 cm³/mol. The van der Waals surface area contributed by atoms with E-state index in [9.17, 15) is 9.65 Å². The quantitative estimate of drug-likeness (QED) is 0.258. The lowest BCUT2D eigenvalue weighted by atomic mass is 9.94. The van der Waals surface area contributed by atoms with Crippen molar-refractivity contribution in [3.8, 4) is 23.2 Å². The summed E-state index contributed by atoms with van der Waals surface area (Å²) in [6, 6.07) is 7.15. The molecule has 0 radical (unpaired) electrons. The zero-order valence-corrected chi connectivity index (χ0v) is 25.5. The van der Waals surface area contributed by atoms with Crippen molar-refractivity contribution in [2.24, 2.45) is 0 Å². The van der Waals surface area contributed by atoms with Gasteiger partial charge in [-0.2, -0.15) is 15.2 Å². The average molecular weight is 634 g/mol. The molecule has 3 N–H and O–H groups in total. The zero-order valence-electron chi connectivity index (χ0n) is 23.9. The van der Waals surface area contributed by atoms with Gasteiger partial charge in [0.25, 0.3) is 0 Å². The van der Waals surface area contributed by atoms with Gasteiger partial charge >= 0.3 is 6.01 Å². The smallest absolute Gasteiger partial charge is 0.319 e. The molecule has 226 valence electrons. The number of hydrogen-bond donors (Lipinski definition) is 2. The minimum absolute atomic E-state index is 0.0297. The van der Waals surface area contributed by atoms with Gasteiger partial charge in [-0.15, -0.1) is 11.3 Å². The molecule has 0 aliphatic carbocycles. The summed E-state index contributed by atoms with van der Waals surface area (Å²) in [6.07, 6.45) is 5.08. The molecule has 3 atom stereocenters. The fraction of sp³-hybridized carbons (Fsp3) is 0.406. The predicted octanol–water partition coefficient (Wildman–Crippen LogP) is 6.01. The summed E-state index contributed by atoms with van der Waals surface area (Å²) in [5.74, 6) is -0.646. The summed E-state index contributed by atoms with van der Waals surface area (Å²) >= 11 is 7.81. The van der Waals surface area contributed by atoms with Crippen LogP contribution in [-0.2, 0) is 0 Å². The van der Waals surface area contributed by atoms with E-state index in [0.717, 1.165) is 69.6 Å². The fourth-order valence-electron chi connectivity index (χ4n) is 7.84. The molecule has 2 bridgehead atoms. The molecule has 0 saturated carbocycles. The first-order valence-corrected chi connectivity index (χ1v) is 16.1. The Morgan fingerprint density at radius 1 is 1.25 bits per heavy atom. The van der Waals surface area contributed by atoms with Crippen molar-refractivity contribution in [1.82, 2.24) is 20.2 Å². The number of halogens is 3. The summed E-state index contributed by atoms with van der Waals surface area (Å²) < 4.78 is 38.3. The Morgan fingerprint density at radius 3 is 2.82 bits per heavy atom. The van der Waals surface area contributed by atoms with Crippen LogP contribution in [0.25, 0.3) is 32.1 Å².